The predicted octanol–water partition coefficient (Wildman–Crippen LogP) is 3.64. The number of alkyl halides is 2. The van der Waals surface area contributed by atoms with E-state index in [0.29, 0.717) is 59.4 Å². The first kappa shape index (κ1) is 32.8. The number of halogens is 2. The Bertz CT molecular complexity index is 1850. The largest absolute Gasteiger partial charge is 0.386 e. The molecular formula is C26H28F2N8O8P2S2. The zero-order valence-electron chi connectivity index (χ0n) is 24.7. The number of hydrogen-bond acceptors (Lipinski definition) is 14. The second-order valence-electron chi connectivity index (χ2n) is 11.5. The summed E-state index contributed by atoms with van der Waals surface area (Å²) >= 11 is 9.31. The zero-order valence-corrected chi connectivity index (χ0v) is 28.2. The van der Waals surface area contributed by atoms with Crippen LogP contribution >= 0.6 is 25.8 Å². The van der Waals surface area contributed by atoms with Crippen LogP contribution in [0.1, 0.15) is 36.7 Å². The number of imidazole rings is 2. The highest BCUT2D eigenvalue weighted by atomic mass is 32.7. The molecule has 0 aliphatic carbocycles. The number of aryl methyl sites for hydroxylation is 2. The van der Waals surface area contributed by atoms with E-state index in [2.05, 4.69) is 42.2 Å². The molecule has 4 aromatic heterocycles. The monoisotopic (exact) mass is 744 g/mol. The minimum atomic E-state index is -4.36. The molecule has 3 fully saturated rings. The number of fused-ring (bicyclic) bond motifs is 10. The molecule has 14 bridgehead atoms. The van der Waals surface area contributed by atoms with Crippen LogP contribution in [0, 0.1) is 0 Å². The van der Waals surface area contributed by atoms with Gasteiger partial charge in [-0.3, -0.25) is 22.7 Å². The summed E-state index contributed by atoms with van der Waals surface area (Å²) in [6.07, 6.45) is -0.587. The molecule has 3 saturated heterocycles. The van der Waals surface area contributed by atoms with E-state index in [0.717, 1.165) is 0 Å². The van der Waals surface area contributed by atoms with Crippen LogP contribution in [0.25, 0.3) is 22.3 Å². The van der Waals surface area contributed by atoms with Crippen LogP contribution in [0.2, 0.25) is 0 Å². The van der Waals surface area contributed by atoms with Gasteiger partial charge in [-0.25, -0.2) is 43.2 Å². The summed E-state index contributed by atoms with van der Waals surface area (Å²) in [6, 6.07) is 0. The van der Waals surface area contributed by atoms with Crippen molar-refractivity contribution >= 4 is 59.9 Å². The van der Waals surface area contributed by atoms with E-state index < -0.39 is 75.9 Å². The fourth-order valence-corrected chi connectivity index (χ4v) is 9.19. The second-order valence-corrected chi connectivity index (χ2v) is 17.2. The van der Waals surface area contributed by atoms with E-state index in [4.69, 9.17) is 39.4 Å². The minimum absolute atomic E-state index is 0.297. The number of allylic oxidation sites excluding steroid dienone is 2. The molecule has 5 aliphatic heterocycles. The quantitative estimate of drug-likeness (QED) is 0.151. The molecule has 3 unspecified atom stereocenters. The van der Waals surface area contributed by atoms with E-state index in [9.17, 15) is 9.46 Å². The number of nitrogens with zero attached hydrogens (tertiary/aromatic N) is 8. The Kier molecular flexibility index (Phi) is 8.73. The van der Waals surface area contributed by atoms with Gasteiger partial charge in [-0.2, -0.15) is 0 Å². The van der Waals surface area contributed by atoms with Crippen LogP contribution < -0.4 is 0 Å². The number of hydrogen-bond donors (Lipinski definition) is 2. The highest BCUT2D eigenvalue weighted by Gasteiger charge is 2.54. The topological polar surface area (TPSA) is 180 Å². The van der Waals surface area contributed by atoms with Gasteiger partial charge in [-0.1, -0.05) is 24.4 Å². The molecule has 48 heavy (non-hydrogen) atoms. The van der Waals surface area contributed by atoms with Gasteiger partial charge in [-0.05, 0) is 37.5 Å². The third-order valence-electron chi connectivity index (χ3n) is 8.53. The summed E-state index contributed by atoms with van der Waals surface area (Å²) in [6.45, 7) is -9.76. The van der Waals surface area contributed by atoms with Crippen molar-refractivity contribution in [1.82, 2.24) is 39.0 Å². The van der Waals surface area contributed by atoms with Gasteiger partial charge in [0.15, 0.2) is 36.1 Å². The smallest absolute Gasteiger partial charge is 0.346 e. The molecule has 0 amide bonds. The van der Waals surface area contributed by atoms with Gasteiger partial charge in [0.1, 0.15) is 48.1 Å². The maximum Gasteiger partial charge on any atom is 0.386 e. The third kappa shape index (κ3) is 6.04. The Morgan fingerprint density at radius 2 is 1.29 bits per heavy atom. The summed E-state index contributed by atoms with van der Waals surface area (Å²) in [5, 5.41) is 0. The Balaban J connectivity index is 1.21. The number of aromatic nitrogens is 8. The van der Waals surface area contributed by atoms with Gasteiger partial charge >= 0.3 is 13.5 Å². The lowest BCUT2D eigenvalue weighted by atomic mass is 10.1. The molecular weight excluding hydrogens is 716 g/mol. The molecule has 10 atom stereocenters. The zero-order chi connectivity index (χ0) is 33.2. The van der Waals surface area contributed by atoms with E-state index in [1.165, 1.54) is 34.4 Å². The van der Waals surface area contributed by atoms with Crippen LogP contribution in [-0.4, -0.2) is 93.9 Å². The minimum Gasteiger partial charge on any atom is -0.346 e. The van der Waals surface area contributed by atoms with Crippen molar-refractivity contribution in [1.29, 1.82) is 0 Å². The lowest BCUT2D eigenvalue weighted by Crippen LogP contribution is -2.37. The molecule has 0 saturated carbocycles. The molecule has 5 aliphatic rings. The Morgan fingerprint density at radius 1 is 0.792 bits per heavy atom. The molecule has 256 valence electrons. The molecule has 16 nitrogen and oxygen atoms in total. The van der Waals surface area contributed by atoms with E-state index in [1.807, 2.05) is 12.2 Å². The first-order valence-electron chi connectivity index (χ1n) is 15.0. The average molecular weight is 745 g/mol. The SMILES string of the molecule is O=P1(S)OC[C@H]2OC3[C@H](F)[C@@H]2OP(O)(=S)OC[C@H]2O[C@H]([C@H](F)[C@@H]2O1)n1cnc2c(ncnc21)CC/C=C/CCc1ncnc2c1ncn23. The van der Waals surface area contributed by atoms with E-state index in [-0.39, 0.29) is 0 Å². The second kappa shape index (κ2) is 12.8. The van der Waals surface area contributed by atoms with Crippen molar-refractivity contribution < 1.29 is 45.8 Å². The molecule has 9 rings (SSSR count). The van der Waals surface area contributed by atoms with Crippen molar-refractivity contribution in [3.05, 3.63) is 48.8 Å². The number of rotatable bonds is 0. The van der Waals surface area contributed by atoms with Gasteiger partial charge in [-0.15, -0.1) is 0 Å². The van der Waals surface area contributed by atoms with Crippen molar-refractivity contribution in [3.8, 4) is 0 Å². The first-order valence-corrected chi connectivity index (χ1v) is 20.3. The molecule has 4 aromatic rings. The van der Waals surface area contributed by atoms with Gasteiger partial charge in [0.25, 0.3) is 0 Å². The fourth-order valence-electron chi connectivity index (χ4n) is 6.27. The summed E-state index contributed by atoms with van der Waals surface area (Å²) in [7, 11) is 0. The maximum absolute atomic E-state index is 16.3. The standard InChI is InChI=1S/C26H28F2N8O8P2S2/c27-17-21-15-7-39-46(38,48)44-22-16(8-40-45(37,47)43-21)42-26(18(22)28)36-12-34-20-14(30-10-32-24(20)36)6-4-2-1-3-5-13-19-23(31-9-29-13)35(11-33-19)25(17)41-15/h1-2,9-12,15-18,21-22,25-26H,3-8H2,(H,37,47)(H,38,48)/b2-1+/t15-,16-,17-,18-,21-,22-,25-,26?,45?,46?/m1/s1. The molecule has 9 heterocycles. The number of ether oxygens (including phenoxy) is 2. The maximum atomic E-state index is 16.3. The third-order valence-corrected chi connectivity index (χ3v) is 11.7. The lowest BCUT2D eigenvalue weighted by molar-refractivity contribution is -0.0564. The van der Waals surface area contributed by atoms with Crippen LogP contribution in [0.5, 0.6) is 0 Å². The van der Waals surface area contributed by atoms with Crippen LogP contribution in [-0.2, 0) is 56.8 Å². The first-order chi connectivity index (χ1) is 23.1. The molecule has 1 N–H and O–H groups in total. The molecule has 0 spiro atoms. The van der Waals surface area contributed by atoms with Crippen molar-refractivity contribution in [2.45, 2.75) is 74.9 Å². The Morgan fingerprint density at radius 3 is 1.83 bits per heavy atom. The lowest BCUT2D eigenvalue weighted by Gasteiger charge is -2.29. The van der Waals surface area contributed by atoms with Gasteiger partial charge < -0.3 is 18.9 Å². The summed E-state index contributed by atoms with van der Waals surface area (Å²) in [5.41, 5.74) is 2.79. The summed E-state index contributed by atoms with van der Waals surface area (Å²) in [5.74, 6) is 0. The highest BCUT2D eigenvalue weighted by molar-refractivity contribution is 8.44. The van der Waals surface area contributed by atoms with Crippen molar-refractivity contribution in [2.75, 3.05) is 13.2 Å². The normalized spacial score (nSPS) is 38.3. The fraction of sp³-hybridized carbons (Fsp3) is 0.538. The number of thiol groups is 1. The van der Waals surface area contributed by atoms with Crippen molar-refractivity contribution in [2.24, 2.45) is 0 Å². The average Bonchev–Trinajstić information content (AvgIpc) is 3.81. The molecule has 0 radical (unpaired) electrons. The van der Waals surface area contributed by atoms with E-state index in [1.54, 1.807) is 0 Å². The molecule has 22 heteroatoms. The Hall–Kier alpha value is -2.35. The van der Waals surface area contributed by atoms with Crippen LogP contribution in [0.3, 0.4) is 0 Å². The van der Waals surface area contributed by atoms with Gasteiger partial charge in [0.2, 0.25) is 0 Å². The summed E-state index contributed by atoms with van der Waals surface area (Å²) < 4.78 is 83.1. The van der Waals surface area contributed by atoms with Gasteiger partial charge in [0, 0.05) is 0 Å². The predicted molar refractivity (Wildman–Crippen MR) is 169 cm³/mol. The Labute approximate surface area is 281 Å². The summed E-state index contributed by atoms with van der Waals surface area (Å²) in [4.78, 5) is 37.3. The van der Waals surface area contributed by atoms with Crippen molar-refractivity contribution in [3.63, 3.8) is 0 Å². The van der Waals surface area contributed by atoms with Crippen LogP contribution in [0.15, 0.2) is 37.5 Å². The highest BCUT2D eigenvalue weighted by Crippen LogP contribution is 2.58. The molecule has 0 aromatic carbocycles. The van der Waals surface area contributed by atoms with E-state index >= 15 is 8.78 Å². The van der Waals surface area contributed by atoms with Crippen LogP contribution in [0.4, 0.5) is 8.78 Å². The van der Waals surface area contributed by atoms with Gasteiger partial charge in [0.05, 0.1) is 37.3 Å².